The Morgan fingerprint density at radius 3 is 1.75 bits per heavy atom. The average molecular weight is 578 g/mol. The van der Waals surface area contributed by atoms with E-state index >= 15 is 0 Å². The Hall–Kier alpha value is -5.44. The monoisotopic (exact) mass is 577 g/mol. The highest BCUT2D eigenvalue weighted by molar-refractivity contribution is 7.26. The first-order valence-electron chi connectivity index (χ1n) is 15.0. The molecule has 0 fully saturated rings. The Kier molecular flexibility index (Phi) is 5.75. The number of fused-ring (bicyclic) bond motifs is 6. The van der Waals surface area contributed by atoms with Crippen LogP contribution in [-0.2, 0) is 0 Å². The number of nitrogens with zero attached hydrogens (tertiary/aromatic N) is 1. The molecule has 7 aromatic carbocycles. The number of thiophene rings is 1. The third-order valence-corrected chi connectivity index (χ3v) is 10.1. The number of hydrogen-bond donors (Lipinski definition) is 0. The number of benzene rings is 7. The second kappa shape index (κ2) is 10.1. The zero-order chi connectivity index (χ0) is 29.0. The number of para-hydroxylation sites is 1. The van der Waals surface area contributed by atoms with Gasteiger partial charge < -0.3 is 4.57 Å². The first-order chi connectivity index (χ1) is 21.8. The van der Waals surface area contributed by atoms with E-state index in [1.165, 1.54) is 81.0 Å². The fourth-order valence-electron chi connectivity index (χ4n) is 6.78. The zero-order valence-corrected chi connectivity index (χ0v) is 24.8. The van der Waals surface area contributed by atoms with Gasteiger partial charge in [-0.25, -0.2) is 0 Å². The molecule has 2 heterocycles. The lowest BCUT2D eigenvalue weighted by molar-refractivity contribution is 1.18. The number of aromatic nitrogens is 1. The van der Waals surface area contributed by atoms with E-state index in [4.69, 9.17) is 0 Å². The molecule has 0 amide bonds. The lowest BCUT2D eigenvalue weighted by Crippen LogP contribution is -1.93. The van der Waals surface area contributed by atoms with Crippen LogP contribution in [0.25, 0.3) is 81.0 Å². The summed E-state index contributed by atoms with van der Waals surface area (Å²) in [5.41, 5.74) is 11.1. The minimum atomic E-state index is 1.17. The largest absolute Gasteiger partial charge is 0.309 e. The Morgan fingerprint density at radius 1 is 0.364 bits per heavy atom. The molecule has 0 saturated carbocycles. The van der Waals surface area contributed by atoms with Crippen LogP contribution in [0.15, 0.2) is 164 Å². The summed E-state index contributed by atoms with van der Waals surface area (Å²) in [4.78, 5) is 0. The SMILES string of the molecule is c1ccc(-c2cccc3c2c2ccccc2n3-c2ccc(-c3ccc(-c4cccc5c4sc4ccccc45)cc3)cc2)cc1. The molecule has 0 radical (unpaired) electrons. The molecule has 0 saturated heterocycles. The van der Waals surface area contributed by atoms with Crippen molar-refractivity contribution < 1.29 is 0 Å². The molecule has 2 aromatic heterocycles. The van der Waals surface area contributed by atoms with Gasteiger partial charge in [0, 0.05) is 36.6 Å². The van der Waals surface area contributed by atoms with Crippen molar-refractivity contribution in [2.45, 2.75) is 0 Å². The normalized spacial score (nSPS) is 11.6. The van der Waals surface area contributed by atoms with Crippen LogP contribution in [0.1, 0.15) is 0 Å². The van der Waals surface area contributed by atoms with E-state index in [0.717, 1.165) is 0 Å². The van der Waals surface area contributed by atoms with Crippen molar-refractivity contribution in [3.63, 3.8) is 0 Å². The highest BCUT2D eigenvalue weighted by Gasteiger charge is 2.16. The van der Waals surface area contributed by atoms with Crippen LogP contribution in [0, 0.1) is 0 Å². The summed E-state index contributed by atoms with van der Waals surface area (Å²) in [5, 5.41) is 5.24. The van der Waals surface area contributed by atoms with Crippen LogP contribution in [-0.4, -0.2) is 4.57 Å². The highest BCUT2D eigenvalue weighted by Crippen LogP contribution is 2.41. The molecule has 0 spiro atoms. The summed E-state index contributed by atoms with van der Waals surface area (Å²) in [5.74, 6) is 0. The maximum Gasteiger partial charge on any atom is 0.0547 e. The summed E-state index contributed by atoms with van der Waals surface area (Å²) < 4.78 is 5.09. The molecular formula is C42H27NS. The number of rotatable bonds is 4. The molecule has 0 aliphatic rings. The number of hydrogen-bond acceptors (Lipinski definition) is 1. The molecule has 0 N–H and O–H groups in total. The van der Waals surface area contributed by atoms with Crippen molar-refractivity contribution in [1.29, 1.82) is 0 Å². The van der Waals surface area contributed by atoms with Crippen molar-refractivity contribution in [1.82, 2.24) is 4.57 Å². The standard InChI is InChI=1S/C42H27NS/c1-2-10-30(11-3-1)33-14-9-18-39-41(33)37-13-4-6-17-38(37)43(39)32-26-24-29(25-27-32)28-20-22-31(23-21-28)34-15-8-16-36-35-12-5-7-19-40(35)44-42(34)36/h1-27H. The molecule has 0 unspecified atom stereocenters. The Morgan fingerprint density at radius 2 is 0.932 bits per heavy atom. The summed E-state index contributed by atoms with van der Waals surface area (Å²) in [7, 11) is 0. The van der Waals surface area contributed by atoms with Gasteiger partial charge in [0.15, 0.2) is 0 Å². The van der Waals surface area contributed by atoms with E-state index < -0.39 is 0 Å². The maximum absolute atomic E-state index is 2.40. The molecule has 44 heavy (non-hydrogen) atoms. The predicted molar refractivity (Wildman–Crippen MR) is 190 cm³/mol. The topological polar surface area (TPSA) is 4.93 Å². The van der Waals surface area contributed by atoms with E-state index in [2.05, 4.69) is 168 Å². The van der Waals surface area contributed by atoms with Crippen LogP contribution in [0.4, 0.5) is 0 Å². The molecule has 0 aliphatic carbocycles. The quantitative estimate of drug-likeness (QED) is 0.196. The maximum atomic E-state index is 2.40. The first kappa shape index (κ1) is 25.1. The van der Waals surface area contributed by atoms with Crippen molar-refractivity contribution in [2.24, 2.45) is 0 Å². The lowest BCUT2D eigenvalue weighted by Gasteiger charge is -2.11. The molecule has 0 aliphatic heterocycles. The van der Waals surface area contributed by atoms with Crippen LogP contribution >= 0.6 is 11.3 Å². The van der Waals surface area contributed by atoms with Gasteiger partial charge in [-0.1, -0.05) is 133 Å². The summed E-state index contributed by atoms with van der Waals surface area (Å²) in [6, 6.07) is 59.5. The fraction of sp³-hybridized carbons (Fsp3) is 0. The Balaban J connectivity index is 1.10. The molecule has 0 bridgehead atoms. The second-order valence-corrected chi connectivity index (χ2v) is 12.4. The van der Waals surface area contributed by atoms with Gasteiger partial charge in [0.05, 0.1) is 11.0 Å². The Bertz CT molecular complexity index is 2460. The zero-order valence-electron chi connectivity index (χ0n) is 23.9. The van der Waals surface area contributed by atoms with Gasteiger partial charge in [-0.2, -0.15) is 0 Å². The van der Waals surface area contributed by atoms with E-state index in [-0.39, 0.29) is 0 Å². The second-order valence-electron chi connectivity index (χ2n) is 11.3. The van der Waals surface area contributed by atoms with Gasteiger partial charge in [0.25, 0.3) is 0 Å². The molecule has 206 valence electrons. The van der Waals surface area contributed by atoms with Crippen LogP contribution in [0.5, 0.6) is 0 Å². The summed E-state index contributed by atoms with van der Waals surface area (Å²) in [6.07, 6.45) is 0. The van der Waals surface area contributed by atoms with Gasteiger partial charge >= 0.3 is 0 Å². The van der Waals surface area contributed by atoms with E-state index in [1.54, 1.807) is 0 Å². The van der Waals surface area contributed by atoms with Crippen molar-refractivity contribution in [3.8, 4) is 39.1 Å². The van der Waals surface area contributed by atoms with E-state index in [0.29, 0.717) is 0 Å². The van der Waals surface area contributed by atoms with Gasteiger partial charge in [-0.05, 0) is 63.7 Å². The molecule has 2 heteroatoms. The minimum absolute atomic E-state index is 1.17. The van der Waals surface area contributed by atoms with Gasteiger partial charge in [-0.15, -0.1) is 11.3 Å². The average Bonchev–Trinajstić information content (AvgIpc) is 3.65. The Labute approximate surface area is 259 Å². The van der Waals surface area contributed by atoms with E-state index in [9.17, 15) is 0 Å². The summed E-state index contributed by atoms with van der Waals surface area (Å²) >= 11 is 1.88. The lowest BCUT2D eigenvalue weighted by atomic mass is 9.99. The van der Waals surface area contributed by atoms with Crippen LogP contribution in [0.2, 0.25) is 0 Å². The predicted octanol–water partition coefficient (Wildman–Crippen LogP) is 12.2. The molecule has 0 atom stereocenters. The van der Waals surface area contributed by atoms with Crippen molar-refractivity contribution in [3.05, 3.63) is 164 Å². The fourth-order valence-corrected chi connectivity index (χ4v) is 8.01. The van der Waals surface area contributed by atoms with Gasteiger partial charge in [0.2, 0.25) is 0 Å². The van der Waals surface area contributed by atoms with Gasteiger partial charge in [-0.3, -0.25) is 0 Å². The highest BCUT2D eigenvalue weighted by atomic mass is 32.1. The molecule has 9 rings (SSSR count). The van der Waals surface area contributed by atoms with Crippen LogP contribution in [0.3, 0.4) is 0 Å². The van der Waals surface area contributed by atoms with Crippen molar-refractivity contribution >= 4 is 53.3 Å². The third-order valence-electron chi connectivity index (χ3n) is 8.84. The molecule has 1 nitrogen and oxygen atoms in total. The first-order valence-corrected chi connectivity index (χ1v) is 15.8. The summed E-state index contributed by atoms with van der Waals surface area (Å²) in [6.45, 7) is 0. The van der Waals surface area contributed by atoms with Crippen LogP contribution < -0.4 is 0 Å². The van der Waals surface area contributed by atoms with Crippen molar-refractivity contribution in [2.75, 3.05) is 0 Å². The third kappa shape index (κ3) is 3.92. The minimum Gasteiger partial charge on any atom is -0.309 e. The van der Waals surface area contributed by atoms with E-state index in [1.807, 2.05) is 11.3 Å². The molecular weight excluding hydrogens is 551 g/mol. The smallest absolute Gasteiger partial charge is 0.0547 e. The molecule has 9 aromatic rings. The van der Waals surface area contributed by atoms with Gasteiger partial charge in [0.1, 0.15) is 0 Å².